The van der Waals surface area contributed by atoms with Gasteiger partial charge in [0.1, 0.15) is 0 Å². The third-order valence-corrected chi connectivity index (χ3v) is 4.16. The molecule has 0 saturated carbocycles. The van der Waals surface area contributed by atoms with Gasteiger partial charge < -0.3 is 5.11 Å². The van der Waals surface area contributed by atoms with Gasteiger partial charge in [0.15, 0.2) is 0 Å². The fraction of sp³-hybridized carbons (Fsp3) is 0.600. The summed E-state index contributed by atoms with van der Waals surface area (Å²) < 4.78 is 0. The third kappa shape index (κ3) is 4.79. The van der Waals surface area contributed by atoms with Gasteiger partial charge in [-0.3, -0.25) is 0 Å². The molecule has 0 spiro atoms. The molecule has 0 saturated heterocycles. The highest BCUT2D eigenvalue weighted by atomic mass is 35.5. The van der Waals surface area contributed by atoms with Crippen LogP contribution in [0, 0.1) is 5.92 Å². The molecule has 0 heterocycles. The molecule has 1 aromatic carbocycles. The van der Waals surface area contributed by atoms with Crippen molar-refractivity contribution in [1.29, 1.82) is 0 Å². The van der Waals surface area contributed by atoms with Crippen LogP contribution < -0.4 is 0 Å². The minimum atomic E-state index is -0.293. The predicted molar refractivity (Wildman–Crippen MR) is 79.5 cm³/mol. The summed E-state index contributed by atoms with van der Waals surface area (Å²) in [6, 6.07) is 5.57. The Kier molecular flexibility index (Phi) is 7.06. The Hall–Kier alpha value is -0.240. The lowest BCUT2D eigenvalue weighted by molar-refractivity contribution is 0.0987. The van der Waals surface area contributed by atoms with Crippen LogP contribution in [-0.2, 0) is 6.42 Å². The second-order valence-corrected chi connectivity index (χ2v) is 5.64. The van der Waals surface area contributed by atoms with Gasteiger partial charge in [0.25, 0.3) is 0 Å². The molecular formula is C15H22Cl2O. The second kappa shape index (κ2) is 8.04. The van der Waals surface area contributed by atoms with Crippen molar-refractivity contribution in [2.75, 3.05) is 0 Å². The molecule has 1 rings (SSSR count). The van der Waals surface area contributed by atoms with Gasteiger partial charge in [-0.2, -0.15) is 0 Å². The Labute approximate surface area is 120 Å². The lowest BCUT2D eigenvalue weighted by Crippen LogP contribution is -2.22. The first-order valence-corrected chi connectivity index (χ1v) is 7.46. The van der Waals surface area contributed by atoms with E-state index in [-0.39, 0.29) is 6.10 Å². The molecule has 0 radical (unpaired) electrons. The van der Waals surface area contributed by atoms with Crippen molar-refractivity contribution in [2.45, 2.75) is 52.1 Å². The first kappa shape index (κ1) is 15.8. The van der Waals surface area contributed by atoms with Crippen molar-refractivity contribution in [2.24, 2.45) is 5.92 Å². The van der Waals surface area contributed by atoms with Gasteiger partial charge in [-0.25, -0.2) is 0 Å². The van der Waals surface area contributed by atoms with Crippen LogP contribution in [0.4, 0.5) is 0 Å². The van der Waals surface area contributed by atoms with Gasteiger partial charge in [-0.05, 0) is 36.5 Å². The normalized spacial score (nSPS) is 14.5. The smallest absolute Gasteiger partial charge is 0.0608 e. The number of rotatable bonds is 7. The summed E-state index contributed by atoms with van der Waals surface area (Å²) in [6.07, 6.45) is 4.82. The van der Waals surface area contributed by atoms with Crippen LogP contribution in [0.1, 0.15) is 45.1 Å². The average Bonchev–Trinajstić information content (AvgIpc) is 2.35. The van der Waals surface area contributed by atoms with E-state index in [9.17, 15) is 5.11 Å². The number of hydrogen-bond donors (Lipinski definition) is 1. The molecule has 18 heavy (non-hydrogen) atoms. The van der Waals surface area contributed by atoms with Crippen LogP contribution in [0.15, 0.2) is 18.2 Å². The van der Waals surface area contributed by atoms with Gasteiger partial charge in [0.2, 0.25) is 0 Å². The number of hydrogen-bond acceptors (Lipinski definition) is 1. The second-order valence-electron chi connectivity index (χ2n) is 4.83. The van der Waals surface area contributed by atoms with E-state index in [0.29, 0.717) is 22.4 Å². The third-order valence-electron chi connectivity index (χ3n) is 3.43. The van der Waals surface area contributed by atoms with E-state index in [2.05, 4.69) is 13.8 Å². The summed E-state index contributed by atoms with van der Waals surface area (Å²) in [5.41, 5.74) is 1.05. The van der Waals surface area contributed by atoms with E-state index < -0.39 is 0 Å². The van der Waals surface area contributed by atoms with Crippen molar-refractivity contribution in [3.63, 3.8) is 0 Å². The molecule has 102 valence electrons. The molecule has 0 bridgehead atoms. The van der Waals surface area contributed by atoms with Crippen LogP contribution in [0.3, 0.4) is 0 Å². The molecule has 2 atom stereocenters. The molecule has 1 N–H and O–H groups in total. The van der Waals surface area contributed by atoms with Gasteiger partial charge in [-0.1, -0.05) is 62.4 Å². The van der Waals surface area contributed by atoms with Crippen molar-refractivity contribution < 1.29 is 5.11 Å². The van der Waals surface area contributed by atoms with E-state index in [1.54, 1.807) is 6.07 Å². The zero-order valence-electron chi connectivity index (χ0n) is 11.1. The summed E-state index contributed by atoms with van der Waals surface area (Å²) in [5, 5.41) is 11.4. The summed E-state index contributed by atoms with van der Waals surface area (Å²) in [5.74, 6) is 0.374. The molecule has 0 aliphatic carbocycles. The summed E-state index contributed by atoms with van der Waals surface area (Å²) in [6.45, 7) is 4.32. The maximum atomic E-state index is 10.3. The van der Waals surface area contributed by atoms with E-state index in [1.165, 1.54) is 12.8 Å². The highest BCUT2D eigenvalue weighted by Crippen LogP contribution is 2.25. The summed E-state index contributed by atoms with van der Waals surface area (Å²) in [4.78, 5) is 0. The van der Waals surface area contributed by atoms with Crippen molar-refractivity contribution in [1.82, 2.24) is 0 Å². The Morgan fingerprint density at radius 3 is 2.44 bits per heavy atom. The van der Waals surface area contributed by atoms with E-state index in [0.717, 1.165) is 18.4 Å². The van der Waals surface area contributed by atoms with Crippen molar-refractivity contribution >= 4 is 23.2 Å². The highest BCUT2D eigenvalue weighted by molar-refractivity contribution is 6.42. The van der Waals surface area contributed by atoms with Crippen molar-refractivity contribution in [3.05, 3.63) is 33.8 Å². The number of unbranched alkanes of at least 4 members (excludes halogenated alkanes) is 1. The highest BCUT2D eigenvalue weighted by Gasteiger charge is 2.17. The van der Waals surface area contributed by atoms with Gasteiger partial charge >= 0.3 is 0 Å². The lowest BCUT2D eigenvalue weighted by Gasteiger charge is -2.21. The number of aliphatic hydroxyl groups is 1. The van der Waals surface area contributed by atoms with Gasteiger partial charge in [0.05, 0.1) is 16.1 Å². The molecule has 0 aromatic heterocycles. The maximum absolute atomic E-state index is 10.3. The standard InChI is InChI=1S/C15H22Cl2O/c1-3-5-6-12(4-2)15(18)10-11-7-8-13(16)14(17)9-11/h7-9,12,15,18H,3-6,10H2,1-2H3. The van der Waals surface area contributed by atoms with Crippen LogP contribution >= 0.6 is 23.2 Å². The Morgan fingerprint density at radius 1 is 1.17 bits per heavy atom. The largest absolute Gasteiger partial charge is 0.392 e. The fourth-order valence-corrected chi connectivity index (χ4v) is 2.53. The maximum Gasteiger partial charge on any atom is 0.0608 e. The van der Waals surface area contributed by atoms with Crippen molar-refractivity contribution in [3.8, 4) is 0 Å². The first-order chi connectivity index (χ1) is 8.58. The van der Waals surface area contributed by atoms with Gasteiger partial charge in [-0.15, -0.1) is 0 Å². The fourth-order valence-electron chi connectivity index (χ4n) is 2.21. The molecule has 1 nitrogen and oxygen atoms in total. The Bertz CT molecular complexity index is 366. The number of benzene rings is 1. The van der Waals surface area contributed by atoms with Crippen LogP contribution in [0.5, 0.6) is 0 Å². The summed E-state index contributed by atoms with van der Waals surface area (Å²) >= 11 is 11.9. The van der Waals surface area contributed by atoms with Crippen LogP contribution in [-0.4, -0.2) is 11.2 Å². The van der Waals surface area contributed by atoms with E-state index in [4.69, 9.17) is 23.2 Å². The summed E-state index contributed by atoms with van der Waals surface area (Å²) in [7, 11) is 0. The number of halogens is 2. The number of aliphatic hydroxyl groups excluding tert-OH is 1. The van der Waals surface area contributed by atoms with E-state index >= 15 is 0 Å². The minimum absolute atomic E-state index is 0.293. The molecular weight excluding hydrogens is 267 g/mol. The molecule has 2 unspecified atom stereocenters. The zero-order chi connectivity index (χ0) is 13.5. The molecule has 0 fully saturated rings. The Morgan fingerprint density at radius 2 is 1.89 bits per heavy atom. The average molecular weight is 289 g/mol. The van der Waals surface area contributed by atoms with Crippen LogP contribution in [0.25, 0.3) is 0 Å². The molecule has 3 heteroatoms. The molecule has 0 aliphatic heterocycles. The molecule has 0 amide bonds. The molecule has 0 aliphatic rings. The quantitative estimate of drug-likeness (QED) is 0.739. The van der Waals surface area contributed by atoms with Gasteiger partial charge in [0, 0.05) is 0 Å². The minimum Gasteiger partial charge on any atom is -0.392 e. The topological polar surface area (TPSA) is 20.2 Å². The first-order valence-electron chi connectivity index (χ1n) is 6.70. The molecule has 1 aromatic rings. The SMILES string of the molecule is CCCCC(CC)C(O)Cc1ccc(Cl)c(Cl)c1. The van der Waals surface area contributed by atoms with Crippen LogP contribution in [0.2, 0.25) is 10.0 Å². The Balaban J connectivity index is 2.61. The predicted octanol–water partition coefficient (Wildman–Crippen LogP) is 5.11. The van der Waals surface area contributed by atoms with E-state index in [1.807, 2.05) is 12.1 Å². The lowest BCUT2D eigenvalue weighted by atomic mass is 9.89. The zero-order valence-corrected chi connectivity index (χ0v) is 12.6. The monoisotopic (exact) mass is 288 g/mol.